The van der Waals surface area contributed by atoms with Gasteiger partial charge in [-0.3, -0.25) is 4.79 Å². The lowest BCUT2D eigenvalue weighted by molar-refractivity contribution is 0.507. The molecule has 7 heteroatoms. The maximum atomic E-state index is 13.4. The van der Waals surface area contributed by atoms with Crippen LogP contribution in [0, 0.1) is 13.8 Å². The van der Waals surface area contributed by atoms with Crippen LogP contribution in [0.5, 0.6) is 0 Å². The Morgan fingerprint density at radius 2 is 1.48 bits per heavy atom. The molecule has 0 radical (unpaired) electrons. The first-order chi connectivity index (χ1) is 15.8. The minimum Gasteiger partial charge on any atom is -0.266 e. The minimum absolute atomic E-state index is 0.140. The van der Waals surface area contributed by atoms with E-state index in [0.717, 1.165) is 60.8 Å². The SMILES string of the molecule is Cc1ccc(Cn2nc(-c3ccc(C)cc3)cc(S(=O)(=O)NC3CCCCCC3)c2=O)cc1. The lowest BCUT2D eigenvalue weighted by atomic mass is 10.1. The van der Waals surface area contributed by atoms with E-state index in [0.29, 0.717) is 5.69 Å². The van der Waals surface area contributed by atoms with Crippen molar-refractivity contribution in [2.45, 2.75) is 69.9 Å². The van der Waals surface area contributed by atoms with Crippen LogP contribution < -0.4 is 10.3 Å². The highest BCUT2D eigenvalue weighted by atomic mass is 32.2. The Bertz CT molecular complexity index is 1260. The second-order valence-corrected chi connectivity index (χ2v) is 10.7. The summed E-state index contributed by atoms with van der Waals surface area (Å²) in [6.07, 6.45) is 5.83. The summed E-state index contributed by atoms with van der Waals surface area (Å²) in [5.74, 6) is 0. The van der Waals surface area contributed by atoms with Crippen molar-refractivity contribution in [3.05, 3.63) is 81.6 Å². The zero-order chi connectivity index (χ0) is 23.4. The Hall–Kier alpha value is -2.77. The third kappa shape index (κ3) is 5.78. The first-order valence-corrected chi connectivity index (χ1v) is 13.1. The molecule has 0 aliphatic heterocycles. The van der Waals surface area contributed by atoms with Crippen molar-refractivity contribution < 1.29 is 8.42 Å². The van der Waals surface area contributed by atoms with E-state index in [-0.39, 0.29) is 17.5 Å². The van der Waals surface area contributed by atoms with E-state index in [1.165, 1.54) is 10.7 Å². The van der Waals surface area contributed by atoms with Gasteiger partial charge in [-0.2, -0.15) is 5.10 Å². The highest BCUT2D eigenvalue weighted by Crippen LogP contribution is 2.22. The Balaban J connectivity index is 1.77. The second kappa shape index (κ2) is 10.0. The quantitative estimate of drug-likeness (QED) is 0.541. The summed E-state index contributed by atoms with van der Waals surface area (Å²) >= 11 is 0. The van der Waals surface area contributed by atoms with Crippen molar-refractivity contribution in [2.75, 3.05) is 0 Å². The minimum atomic E-state index is -3.99. The summed E-state index contributed by atoms with van der Waals surface area (Å²) in [7, 11) is -3.99. The van der Waals surface area contributed by atoms with Gasteiger partial charge < -0.3 is 0 Å². The lowest BCUT2D eigenvalue weighted by Crippen LogP contribution is -2.39. The number of nitrogens with one attached hydrogen (secondary N) is 1. The summed E-state index contributed by atoms with van der Waals surface area (Å²) in [6.45, 7) is 4.18. The van der Waals surface area contributed by atoms with Crippen LogP contribution in [0.25, 0.3) is 11.3 Å². The highest BCUT2D eigenvalue weighted by molar-refractivity contribution is 7.89. The van der Waals surface area contributed by atoms with E-state index in [4.69, 9.17) is 0 Å². The number of hydrogen-bond donors (Lipinski definition) is 1. The van der Waals surface area contributed by atoms with Crippen LogP contribution >= 0.6 is 0 Å². The number of aryl methyl sites for hydroxylation is 2. The molecule has 3 aromatic rings. The normalized spacial score (nSPS) is 15.3. The Labute approximate surface area is 195 Å². The van der Waals surface area contributed by atoms with Crippen LogP contribution in [0.3, 0.4) is 0 Å². The molecule has 1 aliphatic rings. The number of hydrogen-bond acceptors (Lipinski definition) is 4. The van der Waals surface area contributed by atoms with Gasteiger partial charge in [0.05, 0.1) is 12.2 Å². The topological polar surface area (TPSA) is 81.1 Å². The monoisotopic (exact) mass is 465 g/mol. The van der Waals surface area contributed by atoms with E-state index in [1.807, 2.05) is 62.4 Å². The lowest BCUT2D eigenvalue weighted by Gasteiger charge is -2.17. The Kier molecular flexibility index (Phi) is 7.10. The molecule has 0 bridgehead atoms. The maximum Gasteiger partial charge on any atom is 0.287 e. The van der Waals surface area contributed by atoms with Gasteiger partial charge in [-0.15, -0.1) is 0 Å². The fraction of sp³-hybridized carbons (Fsp3) is 0.385. The molecule has 0 saturated heterocycles. The van der Waals surface area contributed by atoms with Crippen molar-refractivity contribution in [1.82, 2.24) is 14.5 Å². The predicted molar refractivity (Wildman–Crippen MR) is 131 cm³/mol. The van der Waals surface area contributed by atoms with Gasteiger partial charge in [-0.25, -0.2) is 17.8 Å². The van der Waals surface area contributed by atoms with E-state index < -0.39 is 15.6 Å². The third-order valence-corrected chi connectivity index (χ3v) is 7.72. The van der Waals surface area contributed by atoms with Gasteiger partial charge in [0.25, 0.3) is 5.56 Å². The largest absolute Gasteiger partial charge is 0.287 e. The van der Waals surface area contributed by atoms with Gasteiger partial charge in [0.2, 0.25) is 10.0 Å². The number of nitrogens with zero attached hydrogens (tertiary/aromatic N) is 2. The first kappa shape index (κ1) is 23.4. The van der Waals surface area contributed by atoms with Gasteiger partial charge >= 0.3 is 0 Å². The molecule has 1 aliphatic carbocycles. The van der Waals surface area contributed by atoms with Crippen LogP contribution in [0.1, 0.15) is 55.2 Å². The maximum absolute atomic E-state index is 13.4. The van der Waals surface area contributed by atoms with Crippen molar-refractivity contribution in [3.8, 4) is 11.3 Å². The molecule has 2 aromatic carbocycles. The van der Waals surface area contributed by atoms with Crippen molar-refractivity contribution in [1.29, 1.82) is 0 Å². The van der Waals surface area contributed by atoms with Crippen molar-refractivity contribution >= 4 is 10.0 Å². The molecule has 0 spiro atoms. The molecule has 174 valence electrons. The van der Waals surface area contributed by atoms with Crippen LogP contribution in [0.2, 0.25) is 0 Å². The van der Waals surface area contributed by atoms with Gasteiger partial charge in [-0.05, 0) is 38.3 Å². The van der Waals surface area contributed by atoms with Crippen LogP contribution in [-0.4, -0.2) is 24.2 Å². The molecule has 1 heterocycles. The van der Waals surface area contributed by atoms with Gasteiger partial charge in [0.1, 0.15) is 0 Å². The zero-order valence-corrected chi connectivity index (χ0v) is 20.1. The van der Waals surface area contributed by atoms with E-state index in [1.54, 1.807) is 0 Å². The molecule has 6 nitrogen and oxygen atoms in total. The summed E-state index contributed by atoms with van der Waals surface area (Å²) in [5.41, 5.74) is 3.72. The van der Waals surface area contributed by atoms with Crippen LogP contribution in [0.15, 0.2) is 64.3 Å². The summed E-state index contributed by atoms with van der Waals surface area (Å²) < 4.78 is 30.8. The highest BCUT2D eigenvalue weighted by Gasteiger charge is 2.26. The molecule has 0 unspecified atom stereocenters. The standard InChI is InChI=1S/C26H31N3O3S/c1-19-9-13-21(14-10-19)18-29-26(30)25(17-24(27-29)22-15-11-20(2)12-16-22)33(31,32)28-23-7-5-3-4-6-8-23/h9-17,23,28H,3-8,18H2,1-2H3. The third-order valence-electron chi connectivity index (χ3n) is 6.21. The summed E-state index contributed by atoms with van der Waals surface area (Å²) in [4.78, 5) is 13.1. The Morgan fingerprint density at radius 1 is 0.909 bits per heavy atom. The fourth-order valence-corrected chi connectivity index (χ4v) is 5.63. The molecule has 0 amide bonds. The van der Waals surface area contributed by atoms with Crippen molar-refractivity contribution in [3.63, 3.8) is 0 Å². The zero-order valence-electron chi connectivity index (χ0n) is 19.3. The van der Waals surface area contributed by atoms with E-state index >= 15 is 0 Å². The fourth-order valence-electron chi connectivity index (χ4n) is 4.23. The second-order valence-electron chi connectivity index (χ2n) is 9.02. The summed E-state index contributed by atoms with van der Waals surface area (Å²) in [6, 6.07) is 16.8. The predicted octanol–water partition coefficient (Wildman–Crippen LogP) is 4.58. The molecule has 1 aromatic heterocycles. The van der Waals surface area contributed by atoms with E-state index in [2.05, 4.69) is 9.82 Å². The van der Waals surface area contributed by atoms with Crippen LogP contribution in [0.4, 0.5) is 0 Å². The van der Waals surface area contributed by atoms with Crippen LogP contribution in [-0.2, 0) is 16.6 Å². The van der Waals surface area contributed by atoms with E-state index in [9.17, 15) is 13.2 Å². The summed E-state index contributed by atoms with van der Waals surface area (Å²) in [5, 5.41) is 4.54. The molecule has 1 N–H and O–H groups in total. The number of aromatic nitrogens is 2. The molecular weight excluding hydrogens is 434 g/mol. The Morgan fingerprint density at radius 3 is 2.09 bits per heavy atom. The molecule has 0 atom stereocenters. The molecule has 1 saturated carbocycles. The van der Waals surface area contributed by atoms with Crippen molar-refractivity contribution in [2.24, 2.45) is 0 Å². The average Bonchev–Trinajstić information content (AvgIpc) is 3.05. The molecule has 4 rings (SSSR count). The number of benzene rings is 2. The van der Waals surface area contributed by atoms with Gasteiger partial charge in [-0.1, -0.05) is 85.3 Å². The number of sulfonamides is 1. The average molecular weight is 466 g/mol. The number of rotatable bonds is 6. The van der Waals surface area contributed by atoms with Gasteiger partial charge in [0.15, 0.2) is 4.90 Å². The molecule has 1 fully saturated rings. The molecule has 33 heavy (non-hydrogen) atoms. The smallest absolute Gasteiger partial charge is 0.266 e. The molecular formula is C26H31N3O3S. The van der Waals surface area contributed by atoms with Gasteiger partial charge in [0, 0.05) is 11.6 Å². The first-order valence-electron chi connectivity index (χ1n) is 11.6.